The number of thiocarbonyl (C=S) groups is 1. The van der Waals surface area contributed by atoms with Gasteiger partial charge in [-0.2, -0.15) is 5.26 Å². The average Bonchev–Trinajstić information content (AvgIpc) is 4.05. The summed E-state index contributed by atoms with van der Waals surface area (Å²) in [6, 6.07) is 24.7. The Morgan fingerprint density at radius 3 is 2.30 bits per heavy atom. The van der Waals surface area contributed by atoms with Crippen LogP contribution >= 0.6 is 23.8 Å². The lowest BCUT2D eigenvalue weighted by molar-refractivity contribution is -0.144. The van der Waals surface area contributed by atoms with E-state index in [1.165, 1.54) is 17.4 Å². The van der Waals surface area contributed by atoms with Crippen LogP contribution in [-0.4, -0.2) is 93.8 Å². The van der Waals surface area contributed by atoms with E-state index in [4.69, 9.17) is 37.7 Å². The molecule has 2 saturated heterocycles. The average molecular weight is 979 g/mol. The molecule has 4 aromatic carbocycles. The zero-order valence-corrected chi connectivity index (χ0v) is 40.4. The third-order valence-corrected chi connectivity index (χ3v) is 12.7. The predicted octanol–water partition coefficient (Wildman–Crippen LogP) is 7.57. The third-order valence-electron chi connectivity index (χ3n) is 12.0. The highest BCUT2D eigenvalue weighted by Crippen LogP contribution is 2.39. The number of aliphatic hydroxyl groups is 1. The zero-order valence-electron chi connectivity index (χ0n) is 38.8. The van der Waals surface area contributed by atoms with Gasteiger partial charge in [-0.05, 0) is 97.4 Å². The van der Waals surface area contributed by atoms with E-state index >= 15 is 4.39 Å². The number of halogens is 2. The second kappa shape index (κ2) is 21.3. The van der Waals surface area contributed by atoms with Crippen molar-refractivity contribution in [2.45, 2.75) is 84.2 Å². The number of nitrogens with one attached hydrogen (secondary N) is 2. The fourth-order valence-corrected chi connectivity index (χ4v) is 8.93. The second-order valence-electron chi connectivity index (χ2n) is 18.4. The zero-order chi connectivity index (χ0) is 49.6. The van der Waals surface area contributed by atoms with E-state index in [1.807, 2.05) is 99.6 Å². The fourth-order valence-electron chi connectivity index (χ4n) is 8.22. The number of unbranched alkanes of at least 4 members (excludes halogenated alkanes) is 1. The number of nitrogens with zero attached hydrogens (tertiary/aromatic N) is 5. The summed E-state index contributed by atoms with van der Waals surface area (Å²) in [4.78, 5) is 62.1. The van der Waals surface area contributed by atoms with Gasteiger partial charge in [0.25, 0.3) is 5.91 Å². The van der Waals surface area contributed by atoms with E-state index in [0.717, 1.165) is 33.2 Å². The van der Waals surface area contributed by atoms with Gasteiger partial charge in [0, 0.05) is 37.4 Å². The summed E-state index contributed by atoms with van der Waals surface area (Å²) in [5.41, 5.74) is 2.11. The van der Waals surface area contributed by atoms with Crippen molar-refractivity contribution < 1.29 is 42.6 Å². The van der Waals surface area contributed by atoms with Crippen molar-refractivity contribution in [3.63, 3.8) is 0 Å². The molecule has 0 saturated carbocycles. The molecule has 2 aliphatic rings. The number of ether oxygens (including phenoxy) is 2. The molecule has 0 bridgehead atoms. The normalized spacial score (nSPS) is 17.2. The number of β-amino-alcohol motifs (C(OH)–C–C–N with tert-alkyl or cyclic N) is 1. The van der Waals surface area contributed by atoms with Gasteiger partial charge in [0.1, 0.15) is 41.9 Å². The number of hydrogen-bond acceptors (Lipinski definition) is 11. The SMILES string of the molecule is CC(C)(C)C(NC(=O)COCCCCOc1ccc(-c2ccc(N3C(=S)N(c4cc(Cl)c(C#N)cc4F)C(=O)C3(C)C)cc2)cc1)C(=O)N1C[C@H](O)C[C@H]1C(=O)NCc1ccc(-c2cnco2)cc1. The van der Waals surface area contributed by atoms with Crippen LogP contribution in [0.25, 0.3) is 22.5 Å². The maximum absolute atomic E-state index is 15.1. The molecule has 0 spiro atoms. The Morgan fingerprint density at radius 2 is 1.67 bits per heavy atom. The van der Waals surface area contributed by atoms with Crippen molar-refractivity contribution in [3.8, 4) is 34.3 Å². The van der Waals surface area contributed by atoms with E-state index in [1.54, 1.807) is 24.9 Å². The number of benzene rings is 4. The Bertz CT molecular complexity index is 2720. The lowest BCUT2D eigenvalue weighted by atomic mass is 9.85. The van der Waals surface area contributed by atoms with E-state index in [0.29, 0.717) is 36.6 Å². The van der Waals surface area contributed by atoms with Gasteiger partial charge >= 0.3 is 0 Å². The molecule has 1 aromatic heterocycles. The minimum atomic E-state index is -1.15. The predicted molar refractivity (Wildman–Crippen MR) is 261 cm³/mol. The molecule has 3 heterocycles. The lowest BCUT2D eigenvalue weighted by Crippen LogP contribution is -2.58. The van der Waals surface area contributed by atoms with Gasteiger partial charge < -0.3 is 39.4 Å². The first-order valence-corrected chi connectivity index (χ1v) is 23.2. The van der Waals surface area contributed by atoms with Crippen LogP contribution in [0.5, 0.6) is 5.75 Å². The van der Waals surface area contributed by atoms with Crippen molar-refractivity contribution in [2.75, 3.05) is 36.2 Å². The number of rotatable bonds is 17. The Labute approximate surface area is 410 Å². The van der Waals surface area contributed by atoms with E-state index in [9.17, 15) is 29.5 Å². The number of aromatic nitrogens is 1. The van der Waals surface area contributed by atoms with Crippen LogP contribution in [0.3, 0.4) is 0 Å². The highest BCUT2D eigenvalue weighted by Gasteiger charge is 2.51. The molecule has 2 fully saturated rings. The first-order chi connectivity index (χ1) is 32.9. The molecule has 18 heteroatoms. The summed E-state index contributed by atoms with van der Waals surface area (Å²) in [6.07, 6.45) is 3.42. The van der Waals surface area contributed by atoms with Gasteiger partial charge in [0.2, 0.25) is 17.7 Å². The first kappa shape index (κ1) is 50.2. The van der Waals surface area contributed by atoms with E-state index in [2.05, 4.69) is 15.6 Å². The molecule has 1 unspecified atom stereocenters. The van der Waals surface area contributed by atoms with Crippen LogP contribution in [-0.2, 0) is 30.5 Å². The number of anilines is 2. The standard InChI is InChI=1S/C51H53ClFN7O8S/c1-50(2,3)45(47(64)58-28-37(61)23-42(58)46(63)56-26-31-8-10-34(11-9-31)43-27-55-30-68-43)57-44(62)29-66-20-6-7-21-67-38-18-14-33(15-19-38)32-12-16-36(17-13-32)60-49(69)59(48(65)51(60,4)5)41-24-39(52)35(25-54)22-40(41)53/h8-19,22,24,27,30,37,42,45,61H,6-7,20-21,23,26,28-29H2,1-5H3,(H,56,63)(H,57,62)/t37-,42+,45?/m1/s1. The number of hydrogen-bond donors (Lipinski definition) is 3. The Hall–Kier alpha value is -6.71. The second-order valence-corrected chi connectivity index (χ2v) is 19.2. The van der Waals surface area contributed by atoms with Crippen LogP contribution < -0.4 is 25.2 Å². The van der Waals surface area contributed by atoms with Crippen LogP contribution in [0.15, 0.2) is 102 Å². The Morgan fingerprint density at radius 1 is 1.01 bits per heavy atom. The van der Waals surface area contributed by atoms with Gasteiger partial charge in [-0.25, -0.2) is 9.37 Å². The molecular weight excluding hydrogens is 925 g/mol. The molecule has 5 aromatic rings. The topological polar surface area (TPSA) is 191 Å². The van der Waals surface area contributed by atoms with Crippen LogP contribution in [0.4, 0.5) is 15.8 Å². The minimum absolute atomic E-state index is 0.00982. The summed E-state index contributed by atoms with van der Waals surface area (Å²) in [6.45, 7) is 9.48. The summed E-state index contributed by atoms with van der Waals surface area (Å²) < 4.78 is 32.0. The highest BCUT2D eigenvalue weighted by molar-refractivity contribution is 7.81. The van der Waals surface area contributed by atoms with Gasteiger partial charge in [0.15, 0.2) is 17.3 Å². The van der Waals surface area contributed by atoms with Crippen molar-refractivity contribution in [1.82, 2.24) is 20.5 Å². The van der Waals surface area contributed by atoms with Gasteiger partial charge in [-0.3, -0.25) is 24.1 Å². The van der Waals surface area contributed by atoms with Gasteiger partial charge in [-0.15, -0.1) is 0 Å². The summed E-state index contributed by atoms with van der Waals surface area (Å²) in [5.74, 6) is -1.27. The van der Waals surface area contributed by atoms with E-state index in [-0.39, 0.29) is 54.1 Å². The van der Waals surface area contributed by atoms with Crippen LogP contribution in [0.2, 0.25) is 5.02 Å². The molecule has 0 aliphatic carbocycles. The number of nitriles is 1. The monoisotopic (exact) mass is 977 g/mol. The maximum atomic E-state index is 15.1. The number of amides is 4. The molecule has 0 radical (unpaired) electrons. The number of carbonyl (C=O) groups excluding carboxylic acids is 4. The molecule has 4 amide bonds. The van der Waals surface area contributed by atoms with Crippen molar-refractivity contribution in [3.05, 3.63) is 119 Å². The molecule has 360 valence electrons. The molecule has 7 rings (SSSR count). The largest absolute Gasteiger partial charge is 0.494 e. The smallest absolute Gasteiger partial charge is 0.259 e. The van der Waals surface area contributed by atoms with Gasteiger partial charge in [0.05, 0.1) is 35.2 Å². The van der Waals surface area contributed by atoms with Crippen molar-refractivity contribution >= 4 is 63.9 Å². The summed E-state index contributed by atoms with van der Waals surface area (Å²) in [5, 5.41) is 25.6. The number of oxazole rings is 1. The quantitative estimate of drug-likeness (QED) is 0.0613. The van der Waals surface area contributed by atoms with Crippen molar-refractivity contribution in [2.24, 2.45) is 5.41 Å². The van der Waals surface area contributed by atoms with E-state index < -0.39 is 58.6 Å². The van der Waals surface area contributed by atoms with Crippen molar-refractivity contribution in [1.29, 1.82) is 5.26 Å². The van der Waals surface area contributed by atoms with Crippen LogP contribution in [0, 0.1) is 22.6 Å². The third kappa shape index (κ3) is 11.4. The number of aliphatic hydroxyl groups excluding tert-OH is 1. The van der Waals surface area contributed by atoms with Crippen LogP contribution in [0.1, 0.15) is 65.0 Å². The Balaban J connectivity index is 0.836. The molecule has 15 nitrogen and oxygen atoms in total. The molecule has 3 atom stereocenters. The number of carbonyl (C=O) groups is 4. The number of likely N-dealkylation sites (tertiary alicyclic amines) is 1. The fraction of sp³-hybridized carbons (Fsp3) is 0.353. The first-order valence-electron chi connectivity index (χ1n) is 22.4. The molecule has 3 N–H and O–H groups in total. The molecule has 2 aliphatic heterocycles. The lowest BCUT2D eigenvalue weighted by Gasteiger charge is -2.35. The van der Waals surface area contributed by atoms with Gasteiger partial charge in [-0.1, -0.05) is 80.9 Å². The molecule has 69 heavy (non-hydrogen) atoms. The summed E-state index contributed by atoms with van der Waals surface area (Å²) in [7, 11) is 0. The Kier molecular flexibility index (Phi) is 15.5. The summed E-state index contributed by atoms with van der Waals surface area (Å²) >= 11 is 11.9. The molecular formula is C51H53ClFN7O8S. The highest BCUT2D eigenvalue weighted by atomic mass is 35.5. The maximum Gasteiger partial charge on any atom is 0.259 e. The minimum Gasteiger partial charge on any atom is -0.494 e.